The van der Waals surface area contributed by atoms with E-state index in [1.54, 1.807) is 6.92 Å². The second-order valence-corrected chi connectivity index (χ2v) is 10.2. The van der Waals surface area contributed by atoms with Gasteiger partial charge in [0.1, 0.15) is 0 Å². The summed E-state index contributed by atoms with van der Waals surface area (Å²) in [5.74, 6) is 0.115. The lowest BCUT2D eigenvalue weighted by Gasteiger charge is -2.44. The zero-order valence-corrected chi connectivity index (χ0v) is 20.4. The van der Waals surface area contributed by atoms with Crippen LogP contribution in [0.1, 0.15) is 49.1 Å². The first-order valence-electron chi connectivity index (χ1n) is 12.8. The van der Waals surface area contributed by atoms with E-state index in [9.17, 15) is 15.0 Å². The highest BCUT2D eigenvalue weighted by molar-refractivity contribution is 5.85. The maximum atomic E-state index is 12.6. The van der Waals surface area contributed by atoms with E-state index in [-0.39, 0.29) is 36.4 Å². The number of amides is 1. The summed E-state index contributed by atoms with van der Waals surface area (Å²) in [7, 11) is 0. The minimum Gasteiger partial charge on any atom is -0.396 e. The Morgan fingerprint density at radius 2 is 1.89 bits per heavy atom. The zero-order valence-electron chi connectivity index (χ0n) is 20.4. The molecule has 1 amide bonds. The number of ether oxygens (including phenoxy) is 1. The Balaban J connectivity index is 1.57. The van der Waals surface area contributed by atoms with E-state index >= 15 is 0 Å². The van der Waals surface area contributed by atoms with Crippen molar-refractivity contribution in [3.63, 3.8) is 0 Å². The van der Waals surface area contributed by atoms with Gasteiger partial charge in [-0.15, -0.1) is 0 Å². The van der Waals surface area contributed by atoms with E-state index < -0.39 is 6.10 Å². The Hall–Kier alpha value is -2.67. The van der Waals surface area contributed by atoms with Gasteiger partial charge in [-0.1, -0.05) is 48.5 Å². The maximum Gasteiger partial charge on any atom is 0.219 e. The topological polar surface area (TPSA) is 85.8 Å². The number of aromatic amines is 1. The molecule has 35 heavy (non-hydrogen) atoms. The molecule has 6 heteroatoms. The van der Waals surface area contributed by atoms with Crippen LogP contribution in [-0.4, -0.2) is 51.8 Å². The largest absolute Gasteiger partial charge is 0.396 e. The monoisotopic (exact) mass is 476 g/mol. The number of carbonyl (C=O) groups is 1. The molecule has 1 fully saturated rings. The summed E-state index contributed by atoms with van der Waals surface area (Å²) in [5, 5.41) is 22.2. The number of nitrogens with one attached hydrogen (secondary N) is 1. The van der Waals surface area contributed by atoms with Crippen molar-refractivity contribution in [2.45, 2.75) is 51.4 Å². The van der Waals surface area contributed by atoms with Crippen LogP contribution in [0.2, 0.25) is 0 Å². The third-order valence-corrected chi connectivity index (χ3v) is 8.17. The van der Waals surface area contributed by atoms with Crippen LogP contribution in [0.25, 0.3) is 10.9 Å². The fourth-order valence-electron chi connectivity index (χ4n) is 6.26. The molecule has 5 atom stereocenters. The van der Waals surface area contributed by atoms with Gasteiger partial charge in [0.15, 0.2) is 0 Å². The van der Waals surface area contributed by atoms with Gasteiger partial charge in [-0.3, -0.25) is 4.79 Å². The highest BCUT2D eigenvalue weighted by Crippen LogP contribution is 2.44. The molecule has 2 heterocycles. The summed E-state index contributed by atoms with van der Waals surface area (Å²) in [6.45, 7) is 3.37. The van der Waals surface area contributed by atoms with Gasteiger partial charge in [0.25, 0.3) is 0 Å². The Morgan fingerprint density at radius 3 is 2.66 bits per heavy atom. The standard InChI is InChI=1S/C29H36N2O4/c1-19(33)31-14-13-23-22-9-5-6-10-26(22)30-29(23)28(35-18-20-7-3-2-4-8-20)15-24-21(16-31)11-12-27(34)25(24)17-32/h2-10,21,24-25,27-28,30,32,34H,11-18H2,1H3/t21-,24?,25+,27-,28+/m0/s1. The van der Waals surface area contributed by atoms with Crippen LogP contribution in [0.15, 0.2) is 54.6 Å². The predicted octanol–water partition coefficient (Wildman–Crippen LogP) is 4.22. The fraction of sp³-hybridized carbons (Fsp3) is 0.483. The molecule has 3 aromatic rings. The van der Waals surface area contributed by atoms with E-state index in [1.807, 2.05) is 35.2 Å². The van der Waals surface area contributed by atoms with Crippen molar-refractivity contribution in [1.82, 2.24) is 9.88 Å². The molecule has 1 saturated carbocycles. The molecular formula is C29H36N2O4. The van der Waals surface area contributed by atoms with Gasteiger partial charge in [0, 0.05) is 49.1 Å². The van der Waals surface area contributed by atoms with E-state index in [0.29, 0.717) is 32.5 Å². The highest BCUT2D eigenvalue weighted by Gasteiger charge is 2.42. The molecule has 1 aliphatic carbocycles. The second kappa shape index (κ2) is 10.5. The Bertz CT molecular complexity index is 1140. The van der Waals surface area contributed by atoms with Gasteiger partial charge in [0.2, 0.25) is 5.91 Å². The van der Waals surface area contributed by atoms with E-state index in [0.717, 1.165) is 29.6 Å². The molecule has 0 radical (unpaired) electrons. The number of hydrogen-bond acceptors (Lipinski definition) is 4. The van der Waals surface area contributed by atoms with Crippen molar-refractivity contribution in [2.75, 3.05) is 19.7 Å². The summed E-state index contributed by atoms with van der Waals surface area (Å²) in [6, 6.07) is 18.5. The van der Waals surface area contributed by atoms with Gasteiger partial charge in [-0.05, 0) is 54.7 Å². The third kappa shape index (κ3) is 5.01. The Labute approximate surface area is 206 Å². The van der Waals surface area contributed by atoms with E-state index in [4.69, 9.17) is 4.74 Å². The molecular weight excluding hydrogens is 440 g/mol. The molecule has 0 saturated heterocycles. The number of rotatable bonds is 4. The lowest BCUT2D eigenvalue weighted by molar-refractivity contribution is -0.131. The number of nitrogens with zero attached hydrogens (tertiary/aromatic N) is 1. The minimum atomic E-state index is -0.535. The molecule has 186 valence electrons. The first-order chi connectivity index (χ1) is 17.0. The van der Waals surface area contributed by atoms with Crippen LogP contribution >= 0.6 is 0 Å². The number of aliphatic hydroxyl groups is 2. The van der Waals surface area contributed by atoms with Crippen LogP contribution in [-0.2, 0) is 22.6 Å². The van der Waals surface area contributed by atoms with Gasteiger partial charge < -0.3 is 24.8 Å². The van der Waals surface area contributed by atoms with Gasteiger partial charge in [0.05, 0.1) is 18.8 Å². The van der Waals surface area contributed by atoms with Crippen molar-refractivity contribution in [3.05, 3.63) is 71.4 Å². The van der Waals surface area contributed by atoms with E-state index in [2.05, 4.69) is 29.2 Å². The number of aliphatic hydroxyl groups excluding tert-OH is 2. The average Bonchev–Trinajstić information content (AvgIpc) is 3.24. The number of H-pyrrole nitrogens is 1. The van der Waals surface area contributed by atoms with Crippen molar-refractivity contribution >= 4 is 16.8 Å². The number of aromatic nitrogens is 1. The van der Waals surface area contributed by atoms with Crippen LogP contribution < -0.4 is 0 Å². The molecule has 1 unspecified atom stereocenters. The molecule has 3 N–H and O–H groups in total. The number of carbonyl (C=O) groups excluding carboxylic acids is 1. The molecule has 0 spiro atoms. The summed E-state index contributed by atoms with van der Waals surface area (Å²) in [5.41, 5.74) is 4.44. The molecule has 2 aliphatic rings. The van der Waals surface area contributed by atoms with Gasteiger partial charge in [-0.25, -0.2) is 0 Å². The number of para-hydroxylation sites is 1. The molecule has 2 aromatic carbocycles. The maximum absolute atomic E-state index is 12.6. The smallest absolute Gasteiger partial charge is 0.219 e. The summed E-state index contributed by atoms with van der Waals surface area (Å²) >= 11 is 0. The highest BCUT2D eigenvalue weighted by atomic mass is 16.5. The molecule has 6 nitrogen and oxygen atoms in total. The lowest BCUT2D eigenvalue weighted by Crippen LogP contribution is -2.46. The van der Waals surface area contributed by atoms with Crippen molar-refractivity contribution < 1.29 is 19.7 Å². The number of hydrogen-bond donors (Lipinski definition) is 3. The molecule has 5 rings (SSSR count). The molecule has 0 bridgehead atoms. The van der Waals surface area contributed by atoms with Gasteiger partial charge >= 0.3 is 0 Å². The summed E-state index contributed by atoms with van der Waals surface area (Å²) < 4.78 is 6.63. The minimum absolute atomic E-state index is 0.0451. The number of fused-ring (bicyclic) bond motifs is 4. The van der Waals surface area contributed by atoms with E-state index in [1.165, 1.54) is 10.9 Å². The fourth-order valence-corrected chi connectivity index (χ4v) is 6.26. The first-order valence-corrected chi connectivity index (χ1v) is 12.8. The lowest BCUT2D eigenvalue weighted by atomic mass is 9.68. The van der Waals surface area contributed by atoms with Crippen LogP contribution in [0, 0.1) is 17.8 Å². The second-order valence-electron chi connectivity index (χ2n) is 10.2. The Morgan fingerprint density at radius 1 is 1.11 bits per heavy atom. The molecule has 1 aromatic heterocycles. The van der Waals surface area contributed by atoms with Gasteiger partial charge in [-0.2, -0.15) is 0 Å². The SMILES string of the molecule is CC(=O)N1CCc2c([nH]c3ccccc23)[C@H](OCc2ccccc2)CC2[C@@H](CC[C@H](O)[C@@H]2CO)C1. The van der Waals surface area contributed by atoms with Crippen LogP contribution in [0.3, 0.4) is 0 Å². The zero-order chi connectivity index (χ0) is 24.4. The van der Waals surface area contributed by atoms with Crippen molar-refractivity contribution in [1.29, 1.82) is 0 Å². The molecule has 1 aliphatic heterocycles. The van der Waals surface area contributed by atoms with Crippen molar-refractivity contribution in [2.24, 2.45) is 17.8 Å². The quantitative estimate of drug-likeness (QED) is 0.526. The first kappa shape index (κ1) is 24.0. The Kier molecular flexibility index (Phi) is 7.23. The normalized spacial score (nSPS) is 27.3. The van der Waals surface area contributed by atoms with Crippen LogP contribution in [0.5, 0.6) is 0 Å². The third-order valence-electron chi connectivity index (χ3n) is 8.17. The average molecular weight is 477 g/mol. The summed E-state index contributed by atoms with van der Waals surface area (Å²) in [4.78, 5) is 18.2. The summed E-state index contributed by atoms with van der Waals surface area (Å²) in [6.07, 6.45) is 2.21. The number of benzene rings is 2. The van der Waals surface area contributed by atoms with Crippen molar-refractivity contribution in [3.8, 4) is 0 Å². The predicted molar refractivity (Wildman–Crippen MR) is 136 cm³/mol. The van der Waals surface area contributed by atoms with Crippen LogP contribution in [0.4, 0.5) is 0 Å².